The van der Waals surface area contributed by atoms with Crippen LogP contribution < -0.4 is 14.5 Å². The van der Waals surface area contributed by atoms with Crippen LogP contribution in [0.5, 0.6) is 11.5 Å². The Morgan fingerprint density at radius 1 is 0.974 bits per heavy atom. The molecular formula is C26H17BrF5IN2O3. The van der Waals surface area contributed by atoms with Crippen LogP contribution in [0.2, 0.25) is 0 Å². The lowest BCUT2D eigenvalue weighted by Gasteiger charge is -2.16. The number of ether oxygens (including phenoxy) is 2. The Morgan fingerprint density at radius 2 is 1.58 bits per heavy atom. The predicted octanol–water partition coefficient (Wildman–Crippen LogP) is 7.53. The molecule has 3 aromatic carbocycles. The summed E-state index contributed by atoms with van der Waals surface area (Å²) in [5, 5.41) is 3.92. The molecule has 1 aliphatic heterocycles. The molecule has 0 aliphatic carbocycles. The summed E-state index contributed by atoms with van der Waals surface area (Å²) in [6, 6.07) is 10.9. The summed E-state index contributed by atoms with van der Waals surface area (Å²) >= 11 is 5.43. The highest BCUT2D eigenvalue weighted by molar-refractivity contribution is 14.1. The van der Waals surface area contributed by atoms with Crippen LogP contribution in [0.3, 0.4) is 0 Å². The Bertz CT molecular complexity index is 1470. The standard InChI is InChI=1S/C26H17BrF5IN2O3/c1-3-37-18-10-14(9-17(33)25(18)38-11-13-4-6-15(27)7-5-13)8-16-12(2)34-35(26(16)36)24-22(31)20(29)19(28)21(30)23(24)32/h4-10H,3,11H2,1-2H3/b16-8+. The molecule has 0 unspecified atom stereocenters. The fourth-order valence-corrected chi connectivity index (χ4v) is 4.64. The topological polar surface area (TPSA) is 51.1 Å². The molecule has 0 fully saturated rings. The second-order valence-electron chi connectivity index (χ2n) is 7.96. The number of amides is 1. The Labute approximate surface area is 236 Å². The van der Waals surface area contributed by atoms with Crippen molar-refractivity contribution in [3.63, 3.8) is 0 Å². The van der Waals surface area contributed by atoms with Gasteiger partial charge in [-0.3, -0.25) is 4.79 Å². The zero-order chi connectivity index (χ0) is 27.7. The molecule has 1 amide bonds. The van der Waals surface area contributed by atoms with Crippen LogP contribution in [0.15, 0.2) is 51.5 Å². The number of carbonyl (C=O) groups excluding carboxylic acids is 1. The normalized spacial score (nSPS) is 14.3. The molecule has 0 radical (unpaired) electrons. The number of nitrogens with zero attached hydrogens (tertiary/aromatic N) is 2. The number of hydrogen-bond donors (Lipinski definition) is 0. The van der Waals surface area contributed by atoms with Gasteiger partial charge in [0.25, 0.3) is 5.91 Å². The van der Waals surface area contributed by atoms with Gasteiger partial charge >= 0.3 is 0 Å². The van der Waals surface area contributed by atoms with Gasteiger partial charge in [-0.1, -0.05) is 28.1 Å². The lowest BCUT2D eigenvalue weighted by Crippen LogP contribution is -2.25. The Morgan fingerprint density at radius 3 is 2.18 bits per heavy atom. The van der Waals surface area contributed by atoms with E-state index in [0.29, 0.717) is 27.2 Å². The molecule has 0 N–H and O–H groups in total. The minimum absolute atomic E-state index is 0.0162. The third-order valence-corrected chi connectivity index (χ3v) is 6.73. The summed E-state index contributed by atoms with van der Waals surface area (Å²) in [6.45, 7) is 3.75. The van der Waals surface area contributed by atoms with E-state index >= 15 is 0 Å². The minimum atomic E-state index is -2.33. The van der Waals surface area contributed by atoms with Gasteiger partial charge in [0.2, 0.25) is 5.82 Å². The first kappa shape index (κ1) is 28.0. The van der Waals surface area contributed by atoms with Gasteiger partial charge in [0.15, 0.2) is 34.8 Å². The highest BCUT2D eigenvalue weighted by Crippen LogP contribution is 2.37. The second-order valence-corrected chi connectivity index (χ2v) is 10.0. The quantitative estimate of drug-likeness (QED) is 0.0840. The van der Waals surface area contributed by atoms with E-state index in [1.54, 1.807) is 19.1 Å². The first-order valence-corrected chi connectivity index (χ1v) is 12.9. The molecule has 3 aromatic rings. The molecular weight excluding hydrogens is 690 g/mol. The lowest BCUT2D eigenvalue weighted by molar-refractivity contribution is -0.114. The van der Waals surface area contributed by atoms with E-state index in [1.807, 2.05) is 46.9 Å². The van der Waals surface area contributed by atoms with Crippen LogP contribution in [0.25, 0.3) is 6.08 Å². The molecule has 5 nitrogen and oxygen atoms in total. The first-order chi connectivity index (χ1) is 18.0. The summed E-state index contributed by atoms with van der Waals surface area (Å²) in [7, 11) is 0. The molecule has 12 heteroatoms. The summed E-state index contributed by atoms with van der Waals surface area (Å²) in [4.78, 5) is 13.0. The zero-order valence-corrected chi connectivity index (χ0v) is 23.5. The van der Waals surface area contributed by atoms with Crippen molar-refractivity contribution in [2.45, 2.75) is 20.5 Å². The van der Waals surface area contributed by atoms with Gasteiger partial charge in [-0.05, 0) is 77.9 Å². The van der Waals surface area contributed by atoms with Crippen LogP contribution >= 0.6 is 38.5 Å². The number of hydrogen-bond acceptors (Lipinski definition) is 4. The summed E-state index contributed by atoms with van der Waals surface area (Å²) in [5.41, 5.74) is -0.145. The van der Waals surface area contributed by atoms with E-state index in [-0.39, 0.29) is 22.9 Å². The average molecular weight is 707 g/mol. The fraction of sp³-hybridized carbons (Fsp3) is 0.154. The Kier molecular flexibility index (Phi) is 8.40. The van der Waals surface area contributed by atoms with Gasteiger partial charge in [-0.25, -0.2) is 22.0 Å². The largest absolute Gasteiger partial charge is 0.490 e. The smallest absolute Gasteiger partial charge is 0.280 e. The number of anilines is 1. The maximum absolute atomic E-state index is 14.3. The second kappa shape index (κ2) is 11.4. The minimum Gasteiger partial charge on any atom is -0.490 e. The van der Waals surface area contributed by atoms with Crippen LogP contribution in [0.1, 0.15) is 25.0 Å². The van der Waals surface area contributed by atoms with Crippen molar-refractivity contribution < 1.29 is 36.2 Å². The van der Waals surface area contributed by atoms with Crippen LogP contribution in [0, 0.1) is 32.7 Å². The van der Waals surface area contributed by atoms with Gasteiger partial charge in [0.05, 0.1) is 21.5 Å². The van der Waals surface area contributed by atoms with E-state index in [1.165, 1.54) is 13.0 Å². The Hall–Kier alpha value is -3.00. The Balaban J connectivity index is 1.67. The molecule has 1 aliphatic rings. The molecule has 198 valence electrons. The molecule has 38 heavy (non-hydrogen) atoms. The van der Waals surface area contributed by atoms with E-state index in [2.05, 4.69) is 21.0 Å². The maximum Gasteiger partial charge on any atom is 0.280 e. The van der Waals surface area contributed by atoms with Crippen molar-refractivity contribution in [1.29, 1.82) is 0 Å². The third-order valence-electron chi connectivity index (χ3n) is 5.40. The number of rotatable bonds is 7. The molecule has 4 rings (SSSR count). The monoisotopic (exact) mass is 706 g/mol. The highest BCUT2D eigenvalue weighted by Gasteiger charge is 2.37. The van der Waals surface area contributed by atoms with Crippen molar-refractivity contribution in [2.75, 3.05) is 11.6 Å². The number of benzene rings is 3. The highest BCUT2D eigenvalue weighted by atomic mass is 127. The SMILES string of the molecule is CCOc1cc(/C=C2/C(=O)N(c3c(F)c(F)c(F)c(F)c3F)N=C2C)cc(I)c1OCc1ccc(Br)cc1. The lowest BCUT2D eigenvalue weighted by atomic mass is 10.1. The van der Waals surface area contributed by atoms with E-state index in [9.17, 15) is 26.7 Å². The van der Waals surface area contributed by atoms with E-state index < -0.39 is 40.7 Å². The van der Waals surface area contributed by atoms with E-state index in [4.69, 9.17) is 9.47 Å². The van der Waals surface area contributed by atoms with Crippen molar-refractivity contribution in [2.24, 2.45) is 5.10 Å². The van der Waals surface area contributed by atoms with Gasteiger partial charge < -0.3 is 9.47 Å². The molecule has 0 aromatic heterocycles. The van der Waals surface area contributed by atoms with Gasteiger partial charge in [0, 0.05) is 4.47 Å². The van der Waals surface area contributed by atoms with Gasteiger partial charge in [0.1, 0.15) is 12.3 Å². The summed E-state index contributed by atoms with van der Waals surface area (Å²) < 4.78 is 82.9. The average Bonchev–Trinajstić information content (AvgIpc) is 3.15. The molecule has 1 heterocycles. The predicted molar refractivity (Wildman–Crippen MR) is 144 cm³/mol. The zero-order valence-electron chi connectivity index (χ0n) is 19.7. The summed E-state index contributed by atoms with van der Waals surface area (Å²) in [5.74, 6) is -11.2. The van der Waals surface area contributed by atoms with Gasteiger partial charge in [-0.15, -0.1) is 0 Å². The van der Waals surface area contributed by atoms with Gasteiger partial charge in [-0.2, -0.15) is 10.1 Å². The van der Waals surface area contributed by atoms with Crippen LogP contribution in [-0.4, -0.2) is 18.2 Å². The molecule has 0 saturated heterocycles. The number of halogens is 7. The molecule has 0 bridgehead atoms. The number of carbonyl (C=O) groups is 1. The maximum atomic E-state index is 14.3. The first-order valence-electron chi connectivity index (χ1n) is 11.0. The number of hydrazone groups is 1. The fourth-order valence-electron chi connectivity index (χ4n) is 3.59. The molecule has 0 atom stereocenters. The van der Waals surface area contributed by atoms with Crippen LogP contribution in [-0.2, 0) is 11.4 Å². The van der Waals surface area contributed by atoms with Crippen molar-refractivity contribution in [1.82, 2.24) is 0 Å². The van der Waals surface area contributed by atoms with Crippen molar-refractivity contribution in [3.8, 4) is 11.5 Å². The third kappa shape index (κ3) is 5.41. The summed E-state index contributed by atoms with van der Waals surface area (Å²) in [6.07, 6.45) is 1.39. The molecule has 0 saturated carbocycles. The molecule has 0 spiro atoms. The van der Waals surface area contributed by atoms with Crippen molar-refractivity contribution in [3.05, 3.63) is 90.2 Å². The van der Waals surface area contributed by atoms with Crippen molar-refractivity contribution >= 4 is 61.9 Å². The van der Waals surface area contributed by atoms with Crippen LogP contribution in [0.4, 0.5) is 27.6 Å². The van der Waals surface area contributed by atoms with E-state index in [0.717, 1.165) is 10.0 Å².